The van der Waals surface area contributed by atoms with Crippen LogP contribution >= 0.6 is 0 Å². The molecule has 17 heavy (non-hydrogen) atoms. The zero-order valence-electron chi connectivity index (χ0n) is 9.35. The molecule has 1 aromatic heterocycles. The molecule has 1 saturated heterocycles. The first-order valence-corrected chi connectivity index (χ1v) is 5.47. The van der Waals surface area contributed by atoms with E-state index in [1.165, 1.54) is 6.33 Å². The van der Waals surface area contributed by atoms with Crippen LogP contribution in [-0.4, -0.2) is 29.0 Å². The lowest BCUT2D eigenvalue weighted by Gasteiger charge is -2.31. The Morgan fingerprint density at radius 2 is 2.12 bits per heavy atom. The monoisotopic (exact) mass is 237 g/mol. The maximum Gasteiger partial charge on any atom is 0.276 e. The largest absolute Gasteiger partial charge is 0.391 e. The second kappa shape index (κ2) is 4.44. The minimum Gasteiger partial charge on any atom is -0.391 e. The molecule has 1 fully saturated rings. The molecule has 0 bridgehead atoms. The molecule has 92 valence electrons. The predicted octanol–water partition coefficient (Wildman–Crippen LogP) is -0.946. The fraction of sp³-hybridized carbons (Fsp3) is 0.500. The molecule has 7 nitrogen and oxygen atoms in total. The summed E-state index contributed by atoms with van der Waals surface area (Å²) in [5.41, 5.74) is 10.7. The van der Waals surface area contributed by atoms with E-state index in [0.717, 1.165) is 0 Å². The van der Waals surface area contributed by atoms with Crippen molar-refractivity contribution in [2.75, 3.05) is 23.7 Å². The Hall–Kier alpha value is -2.05. The number of primary amides is 1. The highest BCUT2D eigenvalue weighted by Crippen LogP contribution is 2.23. The standard InChI is InChI=1S/C10H15N5O2/c11-7-9(13-5-14-10(7)17)15-3-1-6(2-4-15)8(12)16/h5-6H,1-4,11H2,(H2,12,16)(H,13,14,17). The van der Waals surface area contributed by atoms with E-state index >= 15 is 0 Å². The van der Waals surface area contributed by atoms with Gasteiger partial charge in [0.2, 0.25) is 5.91 Å². The number of carbonyl (C=O) groups is 1. The van der Waals surface area contributed by atoms with Crippen LogP contribution in [-0.2, 0) is 4.79 Å². The third-order valence-electron chi connectivity index (χ3n) is 3.06. The molecule has 1 aliphatic rings. The first-order valence-electron chi connectivity index (χ1n) is 5.47. The number of carbonyl (C=O) groups excluding carboxylic acids is 1. The van der Waals surface area contributed by atoms with E-state index in [-0.39, 0.29) is 23.1 Å². The lowest BCUT2D eigenvalue weighted by atomic mass is 9.96. The summed E-state index contributed by atoms with van der Waals surface area (Å²) in [5, 5.41) is 0. The van der Waals surface area contributed by atoms with E-state index in [4.69, 9.17) is 11.5 Å². The maximum atomic E-state index is 11.3. The molecule has 7 heteroatoms. The van der Waals surface area contributed by atoms with E-state index in [2.05, 4.69) is 9.97 Å². The van der Waals surface area contributed by atoms with Gasteiger partial charge < -0.3 is 21.4 Å². The van der Waals surface area contributed by atoms with Crippen LogP contribution in [0.15, 0.2) is 11.1 Å². The van der Waals surface area contributed by atoms with Crippen LogP contribution in [0, 0.1) is 5.92 Å². The molecular formula is C10H15N5O2. The molecule has 1 amide bonds. The number of anilines is 2. The lowest BCUT2D eigenvalue weighted by molar-refractivity contribution is -0.122. The van der Waals surface area contributed by atoms with Crippen LogP contribution in [0.2, 0.25) is 0 Å². The quantitative estimate of drug-likeness (QED) is 0.613. The van der Waals surface area contributed by atoms with Crippen molar-refractivity contribution >= 4 is 17.4 Å². The highest BCUT2D eigenvalue weighted by atomic mass is 16.1. The van der Waals surface area contributed by atoms with Gasteiger partial charge in [-0.1, -0.05) is 0 Å². The number of nitrogens with two attached hydrogens (primary N) is 2. The fourth-order valence-electron chi connectivity index (χ4n) is 2.03. The molecule has 0 radical (unpaired) electrons. The Morgan fingerprint density at radius 3 is 2.71 bits per heavy atom. The number of hydrogen-bond acceptors (Lipinski definition) is 5. The molecule has 2 heterocycles. The summed E-state index contributed by atoms with van der Waals surface area (Å²) in [5.74, 6) is 0.127. The topological polar surface area (TPSA) is 118 Å². The Kier molecular flexibility index (Phi) is 2.99. The fourth-order valence-corrected chi connectivity index (χ4v) is 2.03. The van der Waals surface area contributed by atoms with Crippen molar-refractivity contribution in [1.82, 2.24) is 9.97 Å². The number of piperidine rings is 1. The molecule has 0 unspecified atom stereocenters. The van der Waals surface area contributed by atoms with Crippen LogP contribution < -0.4 is 21.9 Å². The minimum atomic E-state index is -0.341. The molecule has 0 aliphatic carbocycles. The molecule has 1 aromatic rings. The van der Waals surface area contributed by atoms with Gasteiger partial charge in [0, 0.05) is 19.0 Å². The molecule has 1 aliphatic heterocycles. The number of rotatable bonds is 2. The van der Waals surface area contributed by atoms with Crippen molar-refractivity contribution in [2.24, 2.45) is 11.7 Å². The molecule has 5 N–H and O–H groups in total. The third-order valence-corrected chi connectivity index (χ3v) is 3.06. The zero-order chi connectivity index (χ0) is 12.4. The number of nitrogens with one attached hydrogen (secondary N) is 1. The van der Waals surface area contributed by atoms with Gasteiger partial charge in [0.05, 0.1) is 6.33 Å². The Balaban J connectivity index is 2.13. The zero-order valence-corrected chi connectivity index (χ0v) is 9.35. The minimum absolute atomic E-state index is 0.0885. The average Bonchev–Trinajstić information content (AvgIpc) is 2.33. The first kappa shape index (κ1) is 11.4. The highest BCUT2D eigenvalue weighted by molar-refractivity contribution is 5.77. The molecule has 2 rings (SSSR count). The molecule has 0 spiro atoms. The van der Waals surface area contributed by atoms with E-state index in [0.29, 0.717) is 31.7 Å². The van der Waals surface area contributed by atoms with Crippen molar-refractivity contribution in [2.45, 2.75) is 12.8 Å². The highest BCUT2D eigenvalue weighted by Gasteiger charge is 2.25. The number of amides is 1. The number of H-pyrrole nitrogens is 1. The van der Waals surface area contributed by atoms with Gasteiger partial charge in [-0.3, -0.25) is 9.59 Å². The van der Waals surface area contributed by atoms with Gasteiger partial charge in [-0.05, 0) is 12.8 Å². The SMILES string of the molecule is NC(=O)C1CCN(c2nc[nH]c(=O)c2N)CC1. The van der Waals surface area contributed by atoms with Crippen LogP contribution in [0.1, 0.15) is 12.8 Å². The van der Waals surface area contributed by atoms with Crippen LogP contribution in [0.4, 0.5) is 11.5 Å². The lowest BCUT2D eigenvalue weighted by Crippen LogP contribution is -2.39. The number of nitrogen functional groups attached to an aromatic ring is 1. The molecule has 0 atom stereocenters. The molecular weight excluding hydrogens is 222 g/mol. The summed E-state index contributed by atoms with van der Waals surface area (Å²) in [4.78, 5) is 30.7. The summed E-state index contributed by atoms with van der Waals surface area (Å²) in [6, 6.07) is 0. The second-order valence-corrected chi connectivity index (χ2v) is 4.13. The van der Waals surface area contributed by atoms with Gasteiger partial charge in [-0.2, -0.15) is 0 Å². The predicted molar refractivity (Wildman–Crippen MR) is 63.4 cm³/mol. The summed E-state index contributed by atoms with van der Waals surface area (Å²) in [7, 11) is 0. The average molecular weight is 237 g/mol. The van der Waals surface area contributed by atoms with Crippen LogP contribution in [0.3, 0.4) is 0 Å². The molecule has 0 saturated carbocycles. The van der Waals surface area contributed by atoms with Gasteiger partial charge >= 0.3 is 0 Å². The Bertz CT molecular complexity index is 476. The van der Waals surface area contributed by atoms with Crippen molar-refractivity contribution in [1.29, 1.82) is 0 Å². The van der Waals surface area contributed by atoms with Crippen molar-refractivity contribution in [3.63, 3.8) is 0 Å². The number of aromatic amines is 1. The van der Waals surface area contributed by atoms with E-state index in [9.17, 15) is 9.59 Å². The number of hydrogen-bond donors (Lipinski definition) is 3. The summed E-state index contributed by atoms with van der Waals surface area (Å²) < 4.78 is 0. The van der Waals surface area contributed by atoms with E-state index in [1.807, 2.05) is 4.90 Å². The van der Waals surface area contributed by atoms with E-state index < -0.39 is 0 Å². The number of nitrogens with zero attached hydrogens (tertiary/aromatic N) is 2. The normalized spacial score (nSPS) is 17.1. The smallest absolute Gasteiger partial charge is 0.276 e. The summed E-state index contributed by atoms with van der Waals surface area (Å²) in [6.45, 7) is 1.27. The van der Waals surface area contributed by atoms with Crippen LogP contribution in [0.25, 0.3) is 0 Å². The van der Waals surface area contributed by atoms with Gasteiger partial charge in [0.1, 0.15) is 5.69 Å². The van der Waals surface area contributed by atoms with Gasteiger partial charge in [0.15, 0.2) is 5.82 Å². The van der Waals surface area contributed by atoms with E-state index in [1.54, 1.807) is 0 Å². The van der Waals surface area contributed by atoms with Crippen molar-refractivity contribution in [3.8, 4) is 0 Å². The molecule has 0 aromatic carbocycles. The number of aromatic nitrogens is 2. The Labute approximate surface area is 97.8 Å². The van der Waals surface area contributed by atoms with Crippen molar-refractivity contribution in [3.05, 3.63) is 16.7 Å². The first-order chi connectivity index (χ1) is 8.09. The summed E-state index contributed by atoms with van der Waals surface area (Å²) >= 11 is 0. The van der Waals surface area contributed by atoms with Gasteiger partial charge in [0.25, 0.3) is 5.56 Å². The van der Waals surface area contributed by atoms with Crippen molar-refractivity contribution < 1.29 is 4.79 Å². The summed E-state index contributed by atoms with van der Waals surface area (Å²) in [6.07, 6.45) is 2.67. The Morgan fingerprint density at radius 1 is 1.47 bits per heavy atom. The van der Waals surface area contributed by atoms with Gasteiger partial charge in [-0.25, -0.2) is 4.98 Å². The third kappa shape index (κ3) is 2.22. The maximum absolute atomic E-state index is 11.3. The second-order valence-electron chi connectivity index (χ2n) is 4.13. The van der Waals surface area contributed by atoms with Gasteiger partial charge in [-0.15, -0.1) is 0 Å². The van der Waals surface area contributed by atoms with Crippen LogP contribution in [0.5, 0.6) is 0 Å².